The summed E-state index contributed by atoms with van der Waals surface area (Å²) in [6, 6.07) is 30.4. The van der Waals surface area contributed by atoms with E-state index in [0.29, 0.717) is 25.4 Å². The van der Waals surface area contributed by atoms with Crippen LogP contribution in [0, 0.1) is 5.21 Å². The number of thiazole rings is 1. The summed E-state index contributed by atoms with van der Waals surface area (Å²) in [6.45, 7) is 0. The van der Waals surface area contributed by atoms with E-state index in [4.69, 9.17) is 21.4 Å². The molecule has 0 spiro atoms. The lowest BCUT2D eigenvalue weighted by Crippen LogP contribution is -2.71. The number of carbonyl (C=O) groups is 3. The molecule has 3 N–H and O–H groups in total. The van der Waals surface area contributed by atoms with Crippen LogP contribution in [0.1, 0.15) is 22.4 Å². The highest BCUT2D eigenvalue weighted by Crippen LogP contribution is 2.43. The van der Waals surface area contributed by atoms with Gasteiger partial charge in [0, 0.05) is 23.0 Å². The lowest BCUT2D eigenvalue weighted by atomic mass is 9.77. The number of β-lactam (4-membered cyclic amide) rings is 1. The number of aromatic nitrogens is 2. The van der Waals surface area contributed by atoms with Crippen molar-refractivity contribution in [2.45, 2.75) is 21.9 Å². The largest absolute Gasteiger partial charge is 0.619 e. The van der Waals surface area contributed by atoms with Crippen LogP contribution in [0.4, 0.5) is 5.13 Å². The van der Waals surface area contributed by atoms with E-state index in [9.17, 15) is 24.7 Å². The van der Waals surface area contributed by atoms with Crippen LogP contribution >= 0.6 is 46.5 Å². The Balaban J connectivity index is 1.12. The van der Waals surface area contributed by atoms with Gasteiger partial charge in [0.1, 0.15) is 35.5 Å². The Morgan fingerprint density at radius 1 is 1.06 bits per heavy atom. The predicted molar refractivity (Wildman–Crippen MR) is 209 cm³/mol. The van der Waals surface area contributed by atoms with Gasteiger partial charge in [-0.25, -0.2) is 9.78 Å². The maximum Gasteiger partial charge on any atom is 0.352 e. The third kappa shape index (κ3) is 7.14. The van der Waals surface area contributed by atoms with Gasteiger partial charge in [-0.1, -0.05) is 108 Å². The number of oxime groups is 1. The molecule has 7 rings (SSSR count). The van der Waals surface area contributed by atoms with Gasteiger partial charge in [0.25, 0.3) is 11.8 Å². The zero-order valence-electron chi connectivity index (χ0n) is 28.4. The van der Waals surface area contributed by atoms with Crippen molar-refractivity contribution in [2.24, 2.45) is 5.16 Å². The third-order valence-electron chi connectivity index (χ3n) is 8.85. The summed E-state index contributed by atoms with van der Waals surface area (Å²) in [5.41, 5.74) is 2.45. The maximum atomic E-state index is 13.8. The molecule has 2 aliphatic rings. The summed E-state index contributed by atoms with van der Waals surface area (Å²) < 4.78 is 0.607. The van der Waals surface area contributed by atoms with Crippen molar-refractivity contribution in [2.75, 3.05) is 23.9 Å². The van der Waals surface area contributed by atoms with Gasteiger partial charge in [0.05, 0.1) is 9.92 Å². The van der Waals surface area contributed by atoms with Crippen molar-refractivity contribution in [3.8, 4) is 0 Å². The molecule has 16 heteroatoms. The summed E-state index contributed by atoms with van der Waals surface area (Å²) in [4.78, 5) is 51.2. The van der Waals surface area contributed by atoms with Crippen LogP contribution in [0.25, 0.3) is 0 Å². The van der Waals surface area contributed by atoms with Crippen LogP contribution in [0.2, 0.25) is 5.02 Å². The Morgan fingerprint density at radius 3 is 2.24 bits per heavy atom. The van der Waals surface area contributed by atoms with Crippen molar-refractivity contribution >= 4 is 75.1 Å². The number of carboxylic acid groups (broad SMARTS) is 1. The van der Waals surface area contributed by atoms with Crippen LogP contribution in [-0.4, -0.2) is 68.5 Å². The molecule has 3 aromatic carbocycles. The van der Waals surface area contributed by atoms with E-state index in [1.165, 1.54) is 65.3 Å². The number of nitrogens with one attached hydrogen (secondary N) is 2. The van der Waals surface area contributed by atoms with E-state index in [1.54, 1.807) is 5.38 Å². The lowest BCUT2D eigenvalue weighted by molar-refractivity contribution is -0.607. The quantitative estimate of drug-likeness (QED) is 0.0256. The van der Waals surface area contributed by atoms with Crippen molar-refractivity contribution in [1.29, 1.82) is 0 Å². The number of hydrogen-bond acceptors (Lipinski definition) is 11. The van der Waals surface area contributed by atoms with Gasteiger partial charge in [0.2, 0.25) is 0 Å². The van der Waals surface area contributed by atoms with Crippen LogP contribution in [-0.2, 0) is 24.8 Å². The number of hydrogen-bond donors (Lipinski definition) is 3. The van der Waals surface area contributed by atoms with Gasteiger partial charge in [-0.3, -0.25) is 14.5 Å². The van der Waals surface area contributed by atoms with E-state index < -0.39 is 34.7 Å². The minimum absolute atomic E-state index is 0.150. The fourth-order valence-corrected chi connectivity index (χ4v) is 9.84. The van der Waals surface area contributed by atoms with Crippen LogP contribution in [0.5, 0.6) is 0 Å². The second-order valence-electron chi connectivity index (χ2n) is 12.1. The van der Waals surface area contributed by atoms with Crippen molar-refractivity contribution < 1.29 is 29.1 Å². The molecule has 2 atom stereocenters. The molecule has 1 saturated heterocycles. The molecule has 54 heavy (non-hydrogen) atoms. The SMILES string of the molecule is CO/N=C(\C(=O)N[C@@H]1C(=O)N2C(C(=O)O)=C(CSc3c[n+]([O-])ccc3Cl)CS[C@H]12)c1csc(NC(c2ccccc2)(c2ccccc2)c2ccccc2)n1. The van der Waals surface area contributed by atoms with Gasteiger partial charge in [-0.2, -0.15) is 4.73 Å². The Hall–Kier alpha value is -5.35. The number of pyridine rings is 1. The number of rotatable bonds is 13. The monoisotopic (exact) mass is 798 g/mol. The topological polar surface area (TPSA) is 160 Å². The average Bonchev–Trinajstić information content (AvgIpc) is 3.66. The second kappa shape index (κ2) is 15.9. The second-order valence-corrected chi connectivity index (χ2v) is 15.4. The molecular formula is C38H31ClN6O6S3. The highest BCUT2D eigenvalue weighted by atomic mass is 35.5. The standard InChI is InChI=1S/C38H31ClN6O6S3/c1-51-43-30(33(46)41-31-34(47)45-32(36(48)49)23(21-53-35(31)45)20-52-29-19-44(50)18-17-27(29)39)28-22-54-37(40-28)42-38(24-11-5-2-6-12-24,25-13-7-3-8-14-25)26-15-9-4-10-16-26/h2-19,22,31,35H,20-21H2,1H3,(H,40,42)(H,41,46)(H,48,49)/b43-30-/t31-,35-/m1/s1. The first-order chi connectivity index (χ1) is 26.2. The van der Waals surface area contributed by atoms with Crippen LogP contribution in [0.3, 0.4) is 0 Å². The zero-order chi connectivity index (χ0) is 37.8. The summed E-state index contributed by atoms with van der Waals surface area (Å²) >= 11 is 10.0. The van der Waals surface area contributed by atoms with Crippen molar-refractivity contribution in [1.82, 2.24) is 15.2 Å². The number of nitrogens with zero attached hydrogens (tertiary/aromatic N) is 4. The molecule has 0 aliphatic carbocycles. The summed E-state index contributed by atoms with van der Waals surface area (Å²) in [5.74, 6) is -2.08. The molecule has 2 aliphatic heterocycles. The number of anilines is 1. The van der Waals surface area contributed by atoms with Gasteiger partial charge in [-0.15, -0.1) is 34.9 Å². The number of benzene rings is 3. The molecule has 4 heterocycles. The Bertz CT molecular complexity index is 2160. The van der Waals surface area contributed by atoms with Crippen LogP contribution < -0.4 is 15.4 Å². The van der Waals surface area contributed by atoms with E-state index in [-0.39, 0.29) is 28.6 Å². The zero-order valence-corrected chi connectivity index (χ0v) is 31.6. The minimum Gasteiger partial charge on any atom is -0.619 e. The fourth-order valence-electron chi connectivity index (χ4n) is 6.39. The molecule has 274 valence electrons. The molecule has 1 fully saturated rings. The van der Waals surface area contributed by atoms with E-state index in [2.05, 4.69) is 15.8 Å². The van der Waals surface area contributed by atoms with Crippen molar-refractivity contribution in [3.05, 3.63) is 159 Å². The molecule has 5 aromatic rings. The maximum absolute atomic E-state index is 13.8. The molecule has 0 saturated carbocycles. The van der Waals surface area contributed by atoms with Gasteiger partial charge in [-0.05, 0) is 22.3 Å². The molecule has 0 radical (unpaired) electrons. The predicted octanol–water partition coefficient (Wildman–Crippen LogP) is 5.72. The first-order valence-electron chi connectivity index (χ1n) is 16.4. The lowest BCUT2D eigenvalue weighted by Gasteiger charge is -2.49. The Kier molecular flexibility index (Phi) is 10.9. The summed E-state index contributed by atoms with van der Waals surface area (Å²) in [5, 5.41) is 34.2. The number of aliphatic carboxylic acids is 1. The van der Waals surface area contributed by atoms with Gasteiger partial charge < -0.3 is 25.8 Å². The number of fused-ring (bicyclic) bond motifs is 1. The van der Waals surface area contributed by atoms with Crippen LogP contribution in [0.15, 0.2) is 136 Å². The first-order valence-corrected chi connectivity index (χ1v) is 19.7. The van der Waals surface area contributed by atoms with E-state index >= 15 is 0 Å². The summed E-state index contributed by atoms with van der Waals surface area (Å²) in [7, 11) is 1.31. The molecular weight excluding hydrogens is 768 g/mol. The molecule has 2 aromatic heterocycles. The Labute approximate surface area is 327 Å². The highest BCUT2D eigenvalue weighted by Gasteiger charge is 2.54. The third-order valence-corrected chi connectivity index (χ3v) is 12.5. The number of halogens is 1. The van der Waals surface area contributed by atoms with Crippen molar-refractivity contribution in [3.63, 3.8) is 0 Å². The normalized spacial score (nSPS) is 17.0. The fraction of sp³-hybridized carbons (Fsp3) is 0.158. The number of carboxylic acids is 1. The van der Waals surface area contributed by atoms with Gasteiger partial charge in [0.15, 0.2) is 23.2 Å². The summed E-state index contributed by atoms with van der Waals surface area (Å²) in [6.07, 6.45) is 2.57. The van der Waals surface area contributed by atoms with E-state index in [0.717, 1.165) is 16.7 Å². The molecule has 2 amide bonds. The average molecular weight is 799 g/mol. The smallest absolute Gasteiger partial charge is 0.352 e. The molecule has 0 unspecified atom stereocenters. The minimum atomic E-state index is -1.27. The number of thioether (sulfide) groups is 2. The molecule has 12 nitrogen and oxygen atoms in total. The number of carbonyl (C=O) groups excluding carboxylic acids is 2. The van der Waals surface area contributed by atoms with E-state index in [1.807, 2.05) is 91.0 Å². The first kappa shape index (κ1) is 37.0. The Morgan fingerprint density at radius 2 is 1.67 bits per heavy atom. The highest BCUT2D eigenvalue weighted by molar-refractivity contribution is 8.01. The molecule has 0 bridgehead atoms. The number of amides is 2. The van der Waals surface area contributed by atoms with Gasteiger partial charge >= 0.3 is 5.97 Å².